The highest BCUT2D eigenvalue weighted by Crippen LogP contribution is 2.51. The molecule has 0 heterocycles. The molecule has 0 radical (unpaired) electrons. The van der Waals surface area contributed by atoms with Gasteiger partial charge in [0, 0.05) is 16.5 Å². The number of carbonyl (C=O) groups is 1. The summed E-state index contributed by atoms with van der Waals surface area (Å²) in [6, 6.07) is 37.1. The van der Waals surface area contributed by atoms with Crippen molar-refractivity contribution in [1.29, 1.82) is 0 Å². The molecule has 4 aromatic carbocycles. The summed E-state index contributed by atoms with van der Waals surface area (Å²) in [5, 5.41) is 1.24. The van der Waals surface area contributed by atoms with E-state index in [9.17, 15) is 9.36 Å². The summed E-state index contributed by atoms with van der Waals surface area (Å²) < 4.78 is 27.1. The van der Waals surface area contributed by atoms with Gasteiger partial charge in [-0.15, -0.1) is 0 Å². The maximum atomic E-state index is 14.6. The van der Waals surface area contributed by atoms with Gasteiger partial charge in [-0.2, -0.15) is 0 Å². The molecule has 0 saturated heterocycles. The summed E-state index contributed by atoms with van der Waals surface area (Å²) in [5.41, 5.74) is 1.36. The fourth-order valence-corrected chi connectivity index (χ4v) is 6.25. The van der Waals surface area contributed by atoms with E-state index in [0.717, 1.165) is 5.56 Å². The molecule has 4 aromatic rings. The Hall–Kier alpha value is -3.46. The molecule has 0 bridgehead atoms. The lowest BCUT2D eigenvalue weighted by Gasteiger charge is -2.32. The molecule has 0 saturated carbocycles. The van der Waals surface area contributed by atoms with Crippen LogP contribution < -0.4 is 10.6 Å². The SMILES string of the molecule is CC(OC(=O)c1ccccc1)C(C)C(OP(=O)(c1ccccc1)c1ccccc1)c1ccccc1. The van der Waals surface area contributed by atoms with Crippen LogP contribution in [0.4, 0.5) is 0 Å². The van der Waals surface area contributed by atoms with Gasteiger partial charge >= 0.3 is 5.97 Å². The highest BCUT2D eigenvalue weighted by atomic mass is 31.2. The van der Waals surface area contributed by atoms with E-state index in [-0.39, 0.29) is 5.92 Å². The van der Waals surface area contributed by atoms with Crippen LogP contribution in [0, 0.1) is 5.92 Å². The Morgan fingerprint density at radius 3 is 1.57 bits per heavy atom. The molecule has 5 heteroatoms. The molecule has 0 aliphatic carbocycles. The van der Waals surface area contributed by atoms with Crippen molar-refractivity contribution in [2.24, 2.45) is 5.92 Å². The largest absolute Gasteiger partial charge is 0.459 e. The highest BCUT2D eigenvalue weighted by Gasteiger charge is 2.37. The zero-order valence-electron chi connectivity index (χ0n) is 19.9. The second-order valence-electron chi connectivity index (χ2n) is 8.49. The lowest BCUT2D eigenvalue weighted by Crippen LogP contribution is -2.30. The number of hydrogen-bond donors (Lipinski definition) is 0. The van der Waals surface area contributed by atoms with Crippen molar-refractivity contribution in [3.63, 3.8) is 0 Å². The first-order valence-electron chi connectivity index (χ1n) is 11.7. The maximum Gasteiger partial charge on any atom is 0.338 e. The maximum absolute atomic E-state index is 14.6. The van der Waals surface area contributed by atoms with Gasteiger partial charge in [-0.25, -0.2) is 4.79 Å². The van der Waals surface area contributed by atoms with Gasteiger partial charge in [0.1, 0.15) is 6.10 Å². The normalized spacial score (nSPS) is 14.0. The average Bonchev–Trinajstić information content (AvgIpc) is 2.93. The highest BCUT2D eigenvalue weighted by molar-refractivity contribution is 7.74. The minimum atomic E-state index is -3.47. The van der Waals surface area contributed by atoms with Crippen molar-refractivity contribution in [2.75, 3.05) is 0 Å². The summed E-state index contributed by atoms with van der Waals surface area (Å²) in [6.45, 7) is 3.81. The van der Waals surface area contributed by atoms with Gasteiger partial charge in [0.15, 0.2) is 0 Å². The number of ether oxygens (including phenoxy) is 1. The molecule has 0 spiro atoms. The van der Waals surface area contributed by atoms with Crippen molar-refractivity contribution in [3.05, 3.63) is 132 Å². The van der Waals surface area contributed by atoms with Crippen LogP contribution in [0.2, 0.25) is 0 Å². The van der Waals surface area contributed by atoms with Gasteiger partial charge in [0.25, 0.3) is 7.37 Å². The van der Waals surface area contributed by atoms with Crippen LogP contribution in [0.1, 0.15) is 35.9 Å². The summed E-state index contributed by atoms with van der Waals surface area (Å²) in [7, 11) is -3.47. The predicted molar refractivity (Wildman–Crippen MR) is 141 cm³/mol. The second kappa shape index (κ2) is 11.3. The van der Waals surface area contributed by atoms with Gasteiger partial charge in [0.2, 0.25) is 0 Å². The molecule has 4 nitrogen and oxygen atoms in total. The molecule has 0 fully saturated rings. The van der Waals surface area contributed by atoms with Crippen molar-refractivity contribution >= 4 is 23.9 Å². The van der Waals surface area contributed by atoms with Crippen LogP contribution >= 0.6 is 7.37 Å². The first kappa shape index (κ1) is 24.7. The Balaban J connectivity index is 1.69. The van der Waals surface area contributed by atoms with E-state index in [4.69, 9.17) is 9.26 Å². The molecule has 35 heavy (non-hydrogen) atoms. The van der Waals surface area contributed by atoms with Gasteiger partial charge in [0.05, 0.1) is 11.7 Å². The molecule has 0 aromatic heterocycles. The van der Waals surface area contributed by atoms with E-state index in [0.29, 0.717) is 16.2 Å². The number of carbonyl (C=O) groups excluding carboxylic acids is 1. The summed E-state index contributed by atoms with van der Waals surface area (Å²) >= 11 is 0. The monoisotopic (exact) mass is 484 g/mol. The standard InChI is InChI=1S/C30H29O4P/c1-23(24(2)33-30(31)26-17-9-4-10-18-26)29(25-15-7-3-8-16-25)34-35(32,27-19-11-5-12-20-27)28-21-13-6-14-22-28/h3-24,29H,1-2H3. The number of benzene rings is 4. The van der Waals surface area contributed by atoms with Crippen LogP contribution in [-0.4, -0.2) is 12.1 Å². The first-order chi connectivity index (χ1) is 17.0. The van der Waals surface area contributed by atoms with Crippen molar-refractivity contribution in [1.82, 2.24) is 0 Å². The minimum Gasteiger partial charge on any atom is -0.459 e. The summed E-state index contributed by atoms with van der Waals surface area (Å²) in [5.74, 6) is -0.683. The molecule has 0 N–H and O–H groups in total. The fourth-order valence-electron chi connectivity index (χ4n) is 3.95. The van der Waals surface area contributed by atoms with Crippen LogP contribution in [0.5, 0.6) is 0 Å². The number of esters is 1. The molecule has 0 aliphatic heterocycles. The van der Waals surface area contributed by atoms with Crippen LogP contribution in [0.15, 0.2) is 121 Å². The van der Waals surface area contributed by atoms with Crippen LogP contribution in [0.25, 0.3) is 0 Å². The smallest absolute Gasteiger partial charge is 0.338 e. The minimum absolute atomic E-state index is 0.286. The van der Waals surface area contributed by atoms with Crippen molar-refractivity contribution < 1.29 is 18.6 Å². The van der Waals surface area contributed by atoms with Crippen molar-refractivity contribution in [3.8, 4) is 0 Å². The van der Waals surface area contributed by atoms with Gasteiger partial charge in [-0.05, 0) is 48.9 Å². The van der Waals surface area contributed by atoms with Gasteiger partial charge in [-0.3, -0.25) is 4.57 Å². The topological polar surface area (TPSA) is 52.6 Å². The predicted octanol–water partition coefficient (Wildman–Crippen LogP) is 6.56. The lowest BCUT2D eigenvalue weighted by molar-refractivity contribution is 0.000257. The Bertz CT molecular complexity index is 1220. The molecule has 0 amide bonds. The third kappa shape index (κ3) is 5.79. The van der Waals surface area contributed by atoms with E-state index in [2.05, 4.69) is 0 Å². The molecule has 178 valence electrons. The lowest BCUT2D eigenvalue weighted by atomic mass is 9.93. The number of hydrogen-bond acceptors (Lipinski definition) is 4. The Kier molecular flexibility index (Phi) is 7.97. The van der Waals surface area contributed by atoms with Gasteiger partial charge < -0.3 is 9.26 Å². The molecular formula is C30H29O4P. The second-order valence-corrected chi connectivity index (χ2v) is 10.8. The third-order valence-electron chi connectivity index (χ3n) is 6.10. The fraction of sp³-hybridized carbons (Fsp3) is 0.167. The van der Waals surface area contributed by atoms with E-state index >= 15 is 0 Å². The van der Waals surface area contributed by atoms with E-state index in [1.807, 2.05) is 111 Å². The molecule has 3 unspecified atom stereocenters. The number of rotatable bonds is 9. The van der Waals surface area contributed by atoms with Crippen LogP contribution in [-0.2, 0) is 13.8 Å². The zero-order valence-corrected chi connectivity index (χ0v) is 20.8. The molecule has 4 rings (SSSR count). The first-order valence-corrected chi connectivity index (χ1v) is 13.3. The summed E-state index contributed by atoms with van der Waals surface area (Å²) in [4.78, 5) is 12.7. The van der Waals surface area contributed by atoms with E-state index in [1.54, 1.807) is 24.3 Å². The van der Waals surface area contributed by atoms with E-state index in [1.165, 1.54) is 0 Å². The Morgan fingerprint density at radius 1 is 0.657 bits per heavy atom. The van der Waals surface area contributed by atoms with Gasteiger partial charge in [-0.1, -0.05) is 91.9 Å². The van der Waals surface area contributed by atoms with Crippen molar-refractivity contribution in [2.45, 2.75) is 26.1 Å². The third-order valence-corrected chi connectivity index (χ3v) is 8.58. The average molecular weight is 485 g/mol. The van der Waals surface area contributed by atoms with Crippen LogP contribution in [0.3, 0.4) is 0 Å². The quantitative estimate of drug-likeness (QED) is 0.200. The molecule has 3 atom stereocenters. The van der Waals surface area contributed by atoms with E-state index < -0.39 is 25.5 Å². The molecular weight excluding hydrogens is 455 g/mol. The Labute approximate surface area is 207 Å². The molecule has 0 aliphatic rings. The zero-order chi connectivity index (χ0) is 24.7. The summed E-state index contributed by atoms with van der Waals surface area (Å²) in [6.07, 6.45) is -1.08. The Morgan fingerprint density at radius 2 is 1.09 bits per heavy atom.